The van der Waals surface area contributed by atoms with E-state index in [1.807, 2.05) is 24.3 Å². The molecule has 0 aliphatic carbocycles. The number of furan rings is 1. The zero-order valence-electron chi connectivity index (χ0n) is 28.6. The van der Waals surface area contributed by atoms with Crippen molar-refractivity contribution in [3.63, 3.8) is 0 Å². The summed E-state index contributed by atoms with van der Waals surface area (Å²) in [5.74, 6) is 0.702. The van der Waals surface area contributed by atoms with E-state index in [0.29, 0.717) is 5.82 Å². The van der Waals surface area contributed by atoms with Crippen LogP contribution in [-0.2, 0) is 6.54 Å². The summed E-state index contributed by atoms with van der Waals surface area (Å²) in [7, 11) is 0. The normalized spacial score (nSPS) is 12.2. The first-order valence-electron chi connectivity index (χ1n) is 17.7. The monoisotopic (exact) mass is 667 g/mol. The van der Waals surface area contributed by atoms with Crippen molar-refractivity contribution >= 4 is 33.3 Å². The summed E-state index contributed by atoms with van der Waals surface area (Å²) in [6.45, 7) is 2.89. The van der Waals surface area contributed by atoms with Gasteiger partial charge in [0.25, 0.3) is 0 Å². The first-order valence-corrected chi connectivity index (χ1v) is 17.7. The lowest BCUT2D eigenvalue weighted by Gasteiger charge is -2.34. The third kappa shape index (κ3) is 4.99. The summed E-state index contributed by atoms with van der Waals surface area (Å²) in [4.78, 5) is 12.6. The fourth-order valence-corrected chi connectivity index (χ4v) is 7.77. The van der Waals surface area contributed by atoms with E-state index in [-0.39, 0.29) is 0 Å². The Morgan fingerprint density at radius 2 is 1.10 bits per heavy atom. The first-order chi connectivity index (χ1) is 25.7. The molecule has 0 spiro atoms. The molecule has 0 N–H and O–H groups in total. The van der Waals surface area contributed by atoms with Crippen LogP contribution in [0.15, 0.2) is 174 Å². The first kappa shape index (κ1) is 30.1. The molecule has 7 aromatic carbocycles. The van der Waals surface area contributed by atoms with Crippen LogP contribution in [0.4, 0.5) is 11.4 Å². The molecule has 0 radical (unpaired) electrons. The highest BCUT2D eigenvalue weighted by Gasteiger charge is 2.26. The molecule has 3 heterocycles. The van der Waals surface area contributed by atoms with Crippen LogP contribution < -0.4 is 4.90 Å². The van der Waals surface area contributed by atoms with Crippen LogP contribution in [0.3, 0.4) is 0 Å². The summed E-state index contributed by atoms with van der Waals surface area (Å²) in [6, 6.07) is 59.7. The molecule has 2 aromatic heterocycles. The second kappa shape index (κ2) is 12.2. The number of hydrogen-bond acceptors (Lipinski definition) is 4. The van der Waals surface area contributed by atoms with Crippen molar-refractivity contribution in [2.75, 3.05) is 4.90 Å². The Kier molecular flexibility index (Phi) is 7.07. The van der Waals surface area contributed by atoms with Crippen molar-refractivity contribution in [3.8, 4) is 56.2 Å². The molecule has 1 aliphatic heterocycles. The molecule has 1 aliphatic rings. The van der Waals surface area contributed by atoms with Crippen LogP contribution in [0.5, 0.6) is 0 Å². The van der Waals surface area contributed by atoms with Crippen molar-refractivity contribution < 1.29 is 4.42 Å². The highest BCUT2D eigenvalue weighted by atomic mass is 16.3. The highest BCUT2D eigenvalue weighted by molar-refractivity contribution is 6.07. The molecule has 0 amide bonds. The van der Waals surface area contributed by atoms with Crippen LogP contribution in [0.1, 0.15) is 11.1 Å². The van der Waals surface area contributed by atoms with Crippen LogP contribution in [-0.4, -0.2) is 9.97 Å². The summed E-state index contributed by atoms with van der Waals surface area (Å²) >= 11 is 0. The zero-order valence-corrected chi connectivity index (χ0v) is 28.6. The fraction of sp³-hybridized carbons (Fsp3) is 0.0417. The van der Waals surface area contributed by atoms with E-state index in [2.05, 4.69) is 157 Å². The number of aromatic nitrogens is 2. The summed E-state index contributed by atoms with van der Waals surface area (Å²) in [5.41, 5.74) is 16.2. The Morgan fingerprint density at radius 1 is 0.500 bits per heavy atom. The highest BCUT2D eigenvalue weighted by Crippen LogP contribution is 2.48. The minimum atomic E-state index is 0.702. The molecule has 0 saturated carbocycles. The maximum atomic E-state index is 6.70. The van der Waals surface area contributed by atoms with Gasteiger partial charge in [-0.05, 0) is 59.5 Å². The van der Waals surface area contributed by atoms with Gasteiger partial charge in [-0.2, -0.15) is 0 Å². The molecule has 0 unspecified atom stereocenters. The van der Waals surface area contributed by atoms with E-state index < -0.39 is 0 Å². The van der Waals surface area contributed by atoms with E-state index in [1.165, 1.54) is 33.5 Å². The Balaban J connectivity index is 1.09. The van der Waals surface area contributed by atoms with Crippen molar-refractivity contribution in [2.45, 2.75) is 13.5 Å². The van der Waals surface area contributed by atoms with Crippen molar-refractivity contribution in [1.82, 2.24) is 9.97 Å². The SMILES string of the molecule is Cc1c(-c2ccccc2)nc(-c2ccccc2)nc1-c1ccc2c(c1)oc1cc(N3Cc4ccccc4-c4c(-c5ccccc5)cccc43)ccc12. The van der Waals surface area contributed by atoms with Gasteiger partial charge in [0.2, 0.25) is 0 Å². The topological polar surface area (TPSA) is 42.2 Å². The van der Waals surface area contributed by atoms with Gasteiger partial charge in [0.1, 0.15) is 11.2 Å². The molecule has 4 nitrogen and oxygen atoms in total. The molecular weight excluding hydrogens is 635 g/mol. The average Bonchev–Trinajstić information content (AvgIpc) is 3.58. The van der Waals surface area contributed by atoms with Gasteiger partial charge in [-0.3, -0.25) is 0 Å². The minimum Gasteiger partial charge on any atom is -0.456 e. The molecule has 0 bridgehead atoms. The van der Waals surface area contributed by atoms with Gasteiger partial charge in [0, 0.05) is 62.6 Å². The van der Waals surface area contributed by atoms with Gasteiger partial charge in [0.05, 0.1) is 11.4 Å². The Labute approximate surface area is 302 Å². The lowest BCUT2D eigenvalue weighted by molar-refractivity contribution is 0.669. The van der Waals surface area contributed by atoms with Gasteiger partial charge in [0.15, 0.2) is 5.82 Å². The van der Waals surface area contributed by atoms with Crippen LogP contribution in [0.25, 0.3) is 78.1 Å². The lowest BCUT2D eigenvalue weighted by Crippen LogP contribution is -2.21. The summed E-state index contributed by atoms with van der Waals surface area (Å²) < 4.78 is 6.70. The largest absolute Gasteiger partial charge is 0.456 e. The molecule has 4 heteroatoms. The van der Waals surface area contributed by atoms with E-state index >= 15 is 0 Å². The minimum absolute atomic E-state index is 0.702. The van der Waals surface area contributed by atoms with Gasteiger partial charge in [-0.25, -0.2) is 9.97 Å². The van der Waals surface area contributed by atoms with Crippen LogP contribution in [0, 0.1) is 6.92 Å². The quantitative estimate of drug-likeness (QED) is 0.183. The van der Waals surface area contributed by atoms with Gasteiger partial charge in [-0.1, -0.05) is 133 Å². The van der Waals surface area contributed by atoms with Crippen molar-refractivity contribution in [3.05, 3.63) is 181 Å². The molecule has 0 saturated heterocycles. The number of hydrogen-bond donors (Lipinski definition) is 0. The van der Waals surface area contributed by atoms with E-state index in [9.17, 15) is 0 Å². The number of benzene rings is 7. The molecule has 9 aromatic rings. The molecule has 0 atom stereocenters. The second-order valence-corrected chi connectivity index (χ2v) is 13.4. The van der Waals surface area contributed by atoms with Crippen molar-refractivity contribution in [1.29, 1.82) is 0 Å². The zero-order chi connectivity index (χ0) is 34.6. The van der Waals surface area contributed by atoms with E-state index in [1.54, 1.807) is 0 Å². The smallest absolute Gasteiger partial charge is 0.160 e. The summed E-state index contributed by atoms with van der Waals surface area (Å²) in [5, 5.41) is 2.18. The van der Waals surface area contributed by atoms with Crippen LogP contribution >= 0.6 is 0 Å². The number of rotatable bonds is 5. The Bertz CT molecular complexity index is 2770. The predicted molar refractivity (Wildman–Crippen MR) is 214 cm³/mol. The van der Waals surface area contributed by atoms with Crippen molar-refractivity contribution in [2.24, 2.45) is 0 Å². The third-order valence-electron chi connectivity index (χ3n) is 10.3. The maximum Gasteiger partial charge on any atom is 0.160 e. The molecule has 52 heavy (non-hydrogen) atoms. The molecule has 10 rings (SSSR count). The number of anilines is 2. The number of nitrogens with zero attached hydrogens (tertiary/aromatic N) is 3. The maximum absolute atomic E-state index is 6.70. The Hall–Kier alpha value is -6.78. The molecule has 0 fully saturated rings. The summed E-state index contributed by atoms with van der Waals surface area (Å²) in [6.07, 6.45) is 0. The predicted octanol–water partition coefficient (Wildman–Crippen LogP) is 12.7. The lowest BCUT2D eigenvalue weighted by atomic mass is 9.87. The van der Waals surface area contributed by atoms with Crippen LogP contribution in [0.2, 0.25) is 0 Å². The molecule has 246 valence electrons. The standard InChI is InChI=1S/C48H33N3O/c1-31-46(33-16-7-3-8-17-33)49-48(34-18-9-4-10-19-34)50-47(31)35-24-26-40-41-27-25-37(29-44(41)52-43(40)28-35)51-30-36-20-11-12-21-39(36)45-38(22-13-23-42(45)51)32-14-5-2-6-15-32/h2-29H,30H2,1H3. The Morgan fingerprint density at radius 3 is 1.85 bits per heavy atom. The average molecular weight is 668 g/mol. The van der Waals surface area contributed by atoms with Gasteiger partial charge in [-0.15, -0.1) is 0 Å². The second-order valence-electron chi connectivity index (χ2n) is 13.4. The molecular formula is C48H33N3O. The number of fused-ring (bicyclic) bond motifs is 6. The van der Waals surface area contributed by atoms with E-state index in [4.69, 9.17) is 14.4 Å². The third-order valence-corrected chi connectivity index (χ3v) is 10.3. The van der Waals surface area contributed by atoms with Gasteiger partial charge >= 0.3 is 0 Å². The fourth-order valence-electron chi connectivity index (χ4n) is 7.77. The van der Waals surface area contributed by atoms with Gasteiger partial charge < -0.3 is 9.32 Å². The van der Waals surface area contributed by atoms with E-state index in [0.717, 1.165) is 67.8 Å².